The Morgan fingerprint density at radius 1 is 0.806 bits per heavy atom. The lowest BCUT2D eigenvalue weighted by Crippen LogP contribution is -2.51. The van der Waals surface area contributed by atoms with Crippen LogP contribution in [0.15, 0.2) is 23.8 Å². The number of carbonyl (C=O) groups excluding carboxylic acids is 1. The van der Waals surface area contributed by atoms with Gasteiger partial charge in [0.05, 0.1) is 32.5 Å². The summed E-state index contributed by atoms with van der Waals surface area (Å²) in [6, 6.07) is 0. The first kappa shape index (κ1) is 51.6. The molecule has 62 heavy (non-hydrogen) atoms. The Morgan fingerprint density at radius 2 is 1.52 bits per heavy atom. The highest BCUT2D eigenvalue weighted by Gasteiger charge is 2.59. The number of carbonyl (C=O) groups is 1. The quantitative estimate of drug-likeness (QED) is 0.0405. The molecule has 0 radical (unpaired) electrons. The van der Waals surface area contributed by atoms with Gasteiger partial charge >= 0.3 is 6.16 Å². The highest BCUT2D eigenvalue weighted by molar-refractivity contribution is 5.60. The fourth-order valence-electron chi connectivity index (χ4n) is 13.2. The zero-order valence-electron chi connectivity index (χ0n) is 41.3. The van der Waals surface area contributed by atoms with Crippen LogP contribution in [0.2, 0.25) is 0 Å². The molecular formula is C55H97NO6. The molecule has 0 bridgehead atoms. The third kappa shape index (κ3) is 16.2. The Bertz CT molecular complexity index is 1290. The number of hydrogen-bond acceptors (Lipinski definition) is 7. The predicted molar refractivity (Wildman–Crippen MR) is 257 cm³/mol. The van der Waals surface area contributed by atoms with Gasteiger partial charge in [-0.05, 0) is 123 Å². The monoisotopic (exact) mass is 868 g/mol. The lowest BCUT2D eigenvalue weighted by Gasteiger charge is -2.58. The third-order valence-corrected chi connectivity index (χ3v) is 16.8. The van der Waals surface area contributed by atoms with Crippen LogP contribution in [0.5, 0.6) is 0 Å². The maximum Gasteiger partial charge on any atom is 0.508 e. The van der Waals surface area contributed by atoms with Crippen molar-refractivity contribution in [2.24, 2.45) is 46.3 Å². The average molecular weight is 868 g/mol. The summed E-state index contributed by atoms with van der Waals surface area (Å²) in [6.45, 7) is 20.8. The SMILES string of the molecule is CCCCCCCC/C=C\CCCCCCCCOCC(CN1CCOCC1)OCCOC(=O)O[C@H]1CC[C@@]2(C)C(=CC[C@H]3[C@@H]4CC[C@@H]([C@H](C)CCCC(C)C)[C@@]4(C)CC[C@@H]32)C1. The fourth-order valence-corrected chi connectivity index (χ4v) is 13.2. The van der Waals surface area contributed by atoms with Crippen LogP contribution in [0.1, 0.15) is 202 Å². The van der Waals surface area contributed by atoms with E-state index in [9.17, 15) is 4.79 Å². The Balaban J connectivity index is 0.944. The number of rotatable bonds is 30. The van der Waals surface area contributed by atoms with Crippen LogP contribution in [0.4, 0.5) is 4.79 Å². The Labute approximate surface area is 382 Å². The number of nitrogens with zero attached hydrogens (tertiary/aromatic N) is 1. The molecule has 7 nitrogen and oxygen atoms in total. The van der Waals surface area contributed by atoms with Crippen molar-refractivity contribution in [3.05, 3.63) is 23.8 Å². The summed E-state index contributed by atoms with van der Waals surface area (Å²) < 4.78 is 29.6. The van der Waals surface area contributed by atoms with E-state index in [1.54, 1.807) is 5.57 Å². The first-order valence-electron chi connectivity index (χ1n) is 26.8. The number of hydrogen-bond donors (Lipinski definition) is 0. The maximum atomic E-state index is 13.0. The van der Waals surface area contributed by atoms with E-state index < -0.39 is 6.16 Å². The summed E-state index contributed by atoms with van der Waals surface area (Å²) in [5.41, 5.74) is 2.30. The first-order valence-corrected chi connectivity index (χ1v) is 26.8. The van der Waals surface area contributed by atoms with Gasteiger partial charge in [-0.3, -0.25) is 4.90 Å². The molecular weight excluding hydrogens is 771 g/mol. The topological polar surface area (TPSA) is 66.5 Å². The van der Waals surface area contributed by atoms with Crippen LogP contribution in [-0.2, 0) is 23.7 Å². The molecule has 1 unspecified atom stereocenters. The number of fused-ring (bicyclic) bond motifs is 5. The molecule has 3 saturated carbocycles. The highest BCUT2D eigenvalue weighted by atomic mass is 16.7. The number of morpholine rings is 1. The Kier molecular flexibility index (Phi) is 23.2. The summed E-state index contributed by atoms with van der Waals surface area (Å²) in [6.07, 6.45) is 38.9. The fraction of sp³-hybridized carbons (Fsp3) is 0.909. The summed E-state index contributed by atoms with van der Waals surface area (Å²) in [5, 5.41) is 0. The number of ether oxygens (including phenoxy) is 5. The molecule has 1 saturated heterocycles. The molecule has 7 heteroatoms. The molecule has 4 fully saturated rings. The van der Waals surface area contributed by atoms with Crippen molar-refractivity contribution < 1.29 is 28.5 Å². The summed E-state index contributed by atoms with van der Waals surface area (Å²) in [5.74, 6) is 4.99. The van der Waals surface area contributed by atoms with Crippen LogP contribution in [0.3, 0.4) is 0 Å². The van der Waals surface area contributed by atoms with E-state index in [4.69, 9.17) is 23.7 Å². The lowest BCUT2D eigenvalue weighted by atomic mass is 9.47. The van der Waals surface area contributed by atoms with Gasteiger partial charge < -0.3 is 23.7 Å². The molecule has 4 aliphatic carbocycles. The van der Waals surface area contributed by atoms with Crippen molar-refractivity contribution in [2.75, 3.05) is 59.3 Å². The maximum absolute atomic E-state index is 13.0. The second kappa shape index (κ2) is 27.9. The molecule has 358 valence electrons. The smallest absolute Gasteiger partial charge is 0.432 e. The largest absolute Gasteiger partial charge is 0.508 e. The van der Waals surface area contributed by atoms with Crippen LogP contribution in [0.25, 0.3) is 0 Å². The van der Waals surface area contributed by atoms with E-state index in [-0.39, 0.29) is 24.2 Å². The van der Waals surface area contributed by atoms with Gasteiger partial charge in [0.1, 0.15) is 12.7 Å². The van der Waals surface area contributed by atoms with Crippen molar-refractivity contribution in [1.29, 1.82) is 0 Å². The van der Waals surface area contributed by atoms with Gasteiger partial charge in [0.15, 0.2) is 0 Å². The van der Waals surface area contributed by atoms with Crippen LogP contribution in [-0.4, -0.2) is 82.5 Å². The van der Waals surface area contributed by atoms with Gasteiger partial charge in [0.25, 0.3) is 0 Å². The summed E-state index contributed by atoms with van der Waals surface area (Å²) in [4.78, 5) is 15.4. The van der Waals surface area contributed by atoms with Gasteiger partial charge in [-0.25, -0.2) is 4.79 Å². The molecule has 5 aliphatic rings. The summed E-state index contributed by atoms with van der Waals surface area (Å²) >= 11 is 0. The molecule has 5 rings (SSSR count). The Morgan fingerprint density at radius 3 is 2.24 bits per heavy atom. The van der Waals surface area contributed by atoms with Crippen molar-refractivity contribution in [3.8, 4) is 0 Å². The van der Waals surface area contributed by atoms with Crippen LogP contribution in [0, 0.1) is 46.3 Å². The van der Waals surface area contributed by atoms with Gasteiger partial charge in [0, 0.05) is 32.7 Å². The van der Waals surface area contributed by atoms with Crippen molar-refractivity contribution in [3.63, 3.8) is 0 Å². The van der Waals surface area contributed by atoms with E-state index in [0.717, 1.165) is 101 Å². The van der Waals surface area contributed by atoms with Gasteiger partial charge in [-0.1, -0.05) is 142 Å². The number of allylic oxidation sites excluding steroid dienone is 3. The normalized spacial score (nSPS) is 29.9. The van der Waals surface area contributed by atoms with Gasteiger partial charge in [0.2, 0.25) is 0 Å². The van der Waals surface area contributed by atoms with E-state index in [0.29, 0.717) is 18.6 Å². The second-order valence-corrected chi connectivity index (χ2v) is 21.8. The molecule has 1 aliphatic heterocycles. The van der Waals surface area contributed by atoms with E-state index in [1.165, 1.54) is 135 Å². The molecule has 0 aromatic rings. The van der Waals surface area contributed by atoms with Crippen molar-refractivity contribution >= 4 is 6.16 Å². The van der Waals surface area contributed by atoms with Gasteiger partial charge in [-0.2, -0.15) is 0 Å². The molecule has 0 N–H and O–H groups in total. The standard InChI is InChI=1S/C55H97NO6/c1-7-8-9-10-11-12-13-14-15-16-17-18-19-20-21-22-36-59-43-48(42-56-34-37-58-38-35-56)60-39-40-61-53(57)62-47-30-32-54(5)46(41-47)26-27-49-51-29-28-50(45(4)25-23-24-44(2)3)55(51,6)33-31-52(49)54/h14-15,26,44-45,47-52H,7-13,16-25,27-43H2,1-6H3/b15-14-/t45-,47+,48?,49+,50+,51+,52+,54+,55-/m1/s1. The first-order chi connectivity index (χ1) is 30.1. The van der Waals surface area contributed by atoms with Crippen LogP contribution < -0.4 is 0 Å². The Hall–Kier alpha value is -1.41. The third-order valence-electron chi connectivity index (χ3n) is 16.8. The van der Waals surface area contributed by atoms with Crippen LogP contribution >= 0.6 is 0 Å². The van der Waals surface area contributed by atoms with Crippen molar-refractivity contribution in [1.82, 2.24) is 4.90 Å². The average Bonchev–Trinajstić information content (AvgIpc) is 3.62. The minimum Gasteiger partial charge on any atom is -0.432 e. The zero-order valence-corrected chi connectivity index (χ0v) is 41.3. The minimum atomic E-state index is -0.551. The number of unbranched alkanes of at least 4 members (excludes halogenated alkanes) is 12. The highest BCUT2D eigenvalue weighted by Crippen LogP contribution is 2.67. The molecule has 0 aromatic heterocycles. The molecule has 0 amide bonds. The molecule has 0 spiro atoms. The zero-order chi connectivity index (χ0) is 44.0. The van der Waals surface area contributed by atoms with E-state index in [2.05, 4.69) is 64.7 Å². The predicted octanol–water partition coefficient (Wildman–Crippen LogP) is 14.3. The van der Waals surface area contributed by atoms with E-state index >= 15 is 0 Å². The summed E-state index contributed by atoms with van der Waals surface area (Å²) in [7, 11) is 0. The molecule has 0 aromatic carbocycles. The molecule has 9 atom stereocenters. The van der Waals surface area contributed by atoms with Crippen molar-refractivity contribution in [2.45, 2.75) is 214 Å². The van der Waals surface area contributed by atoms with Gasteiger partial charge in [-0.15, -0.1) is 0 Å². The van der Waals surface area contributed by atoms with E-state index in [1.807, 2.05) is 0 Å². The minimum absolute atomic E-state index is 0.0641. The lowest BCUT2D eigenvalue weighted by molar-refractivity contribution is -0.0696. The second-order valence-electron chi connectivity index (χ2n) is 21.8. The molecule has 1 heterocycles.